The van der Waals surface area contributed by atoms with E-state index < -0.39 is 0 Å². The van der Waals surface area contributed by atoms with Crippen molar-refractivity contribution >= 4 is 34.0 Å². The van der Waals surface area contributed by atoms with Gasteiger partial charge in [0.05, 0.1) is 16.7 Å². The van der Waals surface area contributed by atoms with E-state index in [1.165, 1.54) is 79.7 Å². The number of ether oxygens (including phenoxy) is 1. The molecular weight excluding hydrogens is 459 g/mol. The summed E-state index contributed by atoms with van der Waals surface area (Å²) in [7, 11) is 0. The molecule has 3 heteroatoms. The van der Waals surface area contributed by atoms with Gasteiger partial charge in [0.25, 0.3) is 0 Å². The maximum Gasteiger partial charge on any atom is 0.127 e. The molecule has 0 fully saturated rings. The van der Waals surface area contributed by atoms with Gasteiger partial charge in [-0.3, -0.25) is 0 Å². The van der Waals surface area contributed by atoms with Crippen LogP contribution in [0.3, 0.4) is 0 Å². The molecule has 1 nitrogen and oxygen atoms in total. The number of rotatable bonds is 16. The van der Waals surface area contributed by atoms with Crippen molar-refractivity contribution in [3.05, 3.63) is 82.2 Å². The number of unbranched alkanes of at least 4 members (excludes halogenated alkanes) is 9. The maximum absolute atomic E-state index is 6.20. The highest BCUT2D eigenvalue weighted by atomic mass is 35.5. The van der Waals surface area contributed by atoms with Gasteiger partial charge in [-0.05, 0) is 60.4 Å². The van der Waals surface area contributed by atoms with Crippen LogP contribution in [0.2, 0.25) is 10.0 Å². The van der Waals surface area contributed by atoms with Crippen LogP contribution in [0.25, 0.3) is 10.8 Å². The summed E-state index contributed by atoms with van der Waals surface area (Å²) in [5, 5.41) is 3.66. The smallest absolute Gasteiger partial charge is 0.127 e. The van der Waals surface area contributed by atoms with Crippen LogP contribution in [-0.2, 0) is 6.42 Å². The van der Waals surface area contributed by atoms with Crippen LogP contribution < -0.4 is 4.74 Å². The fourth-order valence-electron chi connectivity index (χ4n) is 4.46. The highest BCUT2D eigenvalue weighted by Crippen LogP contribution is 2.31. The molecule has 3 aromatic carbocycles. The second kappa shape index (κ2) is 15.3. The van der Waals surface area contributed by atoms with Crippen molar-refractivity contribution in [2.24, 2.45) is 0 Å². The molecule has 0 saturated carbocycles. The second-order valence-electron chi connectivity index (χ2n) is 9.22. The number of aryl methyl sites for hydroxylation is 1. The molecule has 3 aromatic rings. The van der Waals surface area contributed by atoms with Gasteiger partial charge in [-0.2, -0.15) is 0 Å². The van der Waals surface area contributed by atoms with E-state index in [1.807, 2.05) is 18.2 Å². The van der Waals surface area contributed by atoms with Crippen LogP contribution in [0.15, 0.2) is 54.6 Å². The molecule has 0 amide bonds. The van der Waals surface area contributed by atoms with Crippen molar-refractivity contribution in [2.45, 2.75) is 84.0 Å². The lowest BCUT2D eigenvalue weighted by atomic mass is 9.98. The number of hydrogen-bond acceptors (Lipinski definition) is 1. The van der Waals surface area contributed by atoms with Gasteiger partial charge in [-0.25, -0.2) is 0 Å². The monoisotopic (exact) mass is 497 g/mol. The van der Waals surface area contributed by atoms with Gasteiger partial charge >= 0.3 is 0 Å². The van der Waals surface area contributed by atoms with Crippen LogP contribution in [-0.4, -0.2) is 6.61 Å². The SMILES string of the molecule is CCCCCCCCCCCCOc1ccc([CH]CCc2ccc(Cl)c(Cl)c2)c2ccccc12. The molecule has 0 spiro atoms. The fraction of sp³-hybridized carbons (Fsp3) is 0.452. The second-order valence-corrected chi connectivity index (χ2v) is 10.0. The Labute approximate surface area is 216 Å². The first-order chi connectivity index (χ1) is 16.7. The van der Waals surface area contributed by atoms with E-state index in [4.69, 9.17) is 27.9 Å². The maximum atomic E-state index is 6.20. The van der Waals surface area contributed by atoms with E-state index in [9.17, 15) is 0 Å². The van der Waals surface area contributed by atoms with Crippen molar-refractivity contribution < 1.29 is 4.74 Å². The zero-order chi connectivity index (χ0) is 24.0. The van der Waals surface area contributed by atoms with Gasteiger partial charge in [-0.1, -0.05) is 124 Å². The average Bonchev–Trinajstić information content (AvgIpc) is 2.85. The Morgan fingerprint density at radius 1 is 0.706 bits per heavy atom. The first-order valence-corrected chi connectivity index (χ1v) is 13.9. The summed E-state index contributed by atoms with van der Waals surface area (Å²) in [4.78, 5) is 0. The molecule has 0 atom stereocenters. The Bertz CT molecular complexity index is 998. The molecule has 0 aliphatic rings. The molecule has 34 heavy (non-hydrogen) atoms. The highest BCUT2D eigenvalue weighted by molar-refractivity contribution is 6.42. The topological polar surface area (TPSA) is 9.23 Å². The number of halogens is 2. The minimum atomic E-state index is 0.605. The summed E-state index contributed by atoms with van der Waals surface area (Å²) in [6.45, 7) is 3.07. The Kier molecular flexibility index (Phi) is 12.1. The van der Waals surface area contributed by atoms with Crippen molar-refractivity contribution in [2.75, 3.05) is 6.61 Å². The molecule has 0 unspecified atom stereocenters. The van der Waals surface area contributed by atoms with Gasteiger partial charge in [-0.15, -0.1) is 0 Å². The molecule has 0 aliphatic carbocycles. The summed E-state index contributed by atoms with van der Waals surface area (Å²) in [6.07, 6.45) is 17.6. The van der Waals surface area contributed by atoms with Crippen LogP contribution >= 0.6 is 23.2 Å². The van der Waals surface area contributed by atoms with Crippen molar-refractivity contribution in [1.82, 2.24) is 0 Å². The molecule has 1 radical (unpaired) electrons. The Hall–Kier alpha value is -1.70. The fourth-order valence-corrected chi connectivity index (χ4v) is 4.78. The third-order valence-electron chi connectivity index (χ3n) is 6.45. The Morgan fingerprint density at radius 3 is 2.09 bits per heavy atom. The molecule has 0 heterocycles. The predicted octanol–water partition coefficient (Wildman–Crippen LogP) is 10.6. The molecule has 0 N–H and O–H groups in total. The van der Waals surface area contributed by atoms with Crippen molar-refractivity contribution in [1.29, 1.82) is 0 Å². The Morgan fingerprint density at radius 2 is 1.38 bits per heavy atom. The van der Waals surface area contributed by atoms with Gasteiger partial charge in [0.2, 0.25) is 0 Å². The first-order valence-electron chi connectivity index (χ1n) is 13.1. The summed E-state index contributed by atoms with van der Waals surface area (Å²) in [5.74, 6) is 0.994. The van der Waals surface area contributed by atoms with Crippen LogP contribution in [0.1, 0.15) is 88.7 Å². The molecule has 3 rings (SSSR count). The van der Waals surface area contributed by atoms with Crippen LogP contribution in [0.4, 0.5) is 0 Å². The van der Waals surface area contributed by atoms with E-state index >= 15 is 0 Å². The lowest BCUT2D eigenvalue weighted by Crippen LogP contribution is -1.99. The highest BCUT2D eigenvalue weighted by Gasteiger charge is 2.08. The summed E-state index contributed by atoms with van der Waals surface area (Å²) in [5.41, 5.74) is 2.45. The molecule has 0 aliphatic heterocycles. The van der Waals surface area contributed by atoms with Gasteiger partial charge in [0.15, 0.2) is 0 Å². The van der Waals surface area contributed by atoms with Crippen LogP contribution in [0, 0.1) is 6.42 Å². The normalized spacial score (nSPS) is 11.3. The molecular formula is C31H39Cl2O. The minimum Gasteiger partial charge on any atom is -0.493 e. The molecule has 0 bridgehead atoms. The van der Waals surface area contributed by atoms with Gasteiger partial charge < -0.3 is 4.74 Å². The summed E-state index contributed by atoms with van der Waals surface area (Å²) >= 11 is 12.2. The van der Waals surface area contributed by atoms with E-state index in [0.717, 1.165) is 31.6 Å². The zero-order valence-electron chi connectivity index (χ0n) is 20.6. The standard InChI is InChI=1S/C31H39Cl2O/c1-2-3-4-5-6-7-8-9-10-13-23-34-31-22-20-26(27-17-11-12-18-28(27)31)16-14-15-25-19-21-29(32)30(33)24-25/h11-12,16-22,24H,2-10,13-15,23H2,1H3. The Balaban J connectivity index is 1.42. The lowest BCUT2D eigenvalue weighted by molar-refractivity contribution is 0.307. The first kappa shape index (κ1) is 26.9. The average molecular weight is 499 g/mol. The summed E-state index contributed by atoms with van der Waals surface area (Å²) < 4.78 is 6.20. The number of fused-ring (bicyclic) bond motifs is 1. The van der Waals surface area contributed by atoms with E-state index in [2.05, 4.69) is 49.7 Å². The van der Waals surface area contributed by atoms with Crippen molar-refractivity contribution in [3.63, 3.8) is 0 Å². The minimum absolute atomic E-state index is 0.605. The molecule has 0 saturated heterocycles. The molecule has 183 valence electrons. The summed E-state index contributed by atoms with van der Waals surface area (Å²) in [6, 6.07) is 18.7. The quantitative estimate of drug-likeness (QED) is 0.179. The molecule has 0 aromatic heterocycles. The van der Waals surface area contributed by atoms with Gasteiger partial charge in [0, 0.05) is 5.39 Å². The zero-order valence-corrected chi connectivity index (χ0v) is 22.1. The van der Waals surface area contributed by atoms with Gasteiger partial charge in [0.1, 0.15) is 5.75 Å². The van der Waals surface area contributed by atoms with Crippen molar-refractivity contribution in [3.8, 4) is 5.75 Å². The number of benzene rings is 3. The van der Waals surface area contributed by atoms with E-state index in [0.29, 0.717) is 10.0 Å². The van der Waals surface area contributed by atoms with E-state index in [-0.39, 0.29) is 0 Å². The third kappa shape index (κ3) is 8.82. The largest absolute Gasteiger partial charge is 0.493 e. The lowest BCUT2D eigenvalue weighted by Gasteiger charge is -2.13. The van der Waals surface area contributed by atoms with Crippen LogP contribution in [0.5, 0.6) is 5.75 Å². The van der Waals surface area contributed by atoms with E-state index in [1.54, 1.807) is 0 Å². The predicted molar refractivity (Wildman–Crippen MR) is 149 cm³/mol. The third-order valence-corrected chi connectivity index (χ3v) is 7.19. The number of hydrogen-bond donors (Lipinski definition) is 0.